The number of rotatable bonds is 11. The second kappa shape index (κ2) is 11.8. The van der Waals surface area contributed by atoms with Gasteiger partial charge in [0.05, 0.1) is 29.5 Å². The lowest BCUT2D eigenvalue weighted by atomic mass is 9.95. The fourth-order valence-corrected chi connectivity index (χ4v) is 3.00. The molecule has 2 aromatic carbocycles. The topological polar surface area (TPSA) is 64.3 Å². The van der Waals surface area contributed by atoms with Crippen molar-refractivity contribution >= 4 is 39.9 Å². The van der Waals surface area contributed by atoms with Crippen molar-refractivity contribution in [2.75, 3.05) is 16.7 Å². The van der Waals surface area contributed by atoms with Gasteiger partial charge in [0.2, 0.25) is 0 Å². The molecule has 0 radical (unpaired) electrons. The molecule has 4 nitrogen and oxygen atoms in total. The summed E-state index contributed by atoms with van der Waals surface area (Å²) in [5, 5.41) is 0. The normalized spacial score (nSPS) is 11.3. The maximum atomic E-state index is 13.2. The van der Waals surface area contributed by atoms with Gasteiger partial charge in [-0.3, -0.25) is 4.79 Å². The van der Waals surface area contributed by atoms with E-state index in [1.807, 2.05) is 48.5 Å². The van der Waals surface area contributed by atoms with Crippen molar-refractivity contribution < 1.29 is 9.53 Å². The number of Topliss-reactive ketones (excluding diaryl/α,β-unsaturated/α-hetero) is 1. The maximum absolute atomic E-state index is 13.2. The van der Waals surface area contributed by atoms with E-state index in [0.717, 1.165) is 48.3 Å². The van der Waals surface area contributed by atoms with E-state index in [1.54, 1.807) is 0 Å². The van der Waals surface area contributed by atoms with Gasteiger partial charge in [0, 0.05) is 16.8 Å². The number of ether oxygens (including phenoxy) is 1. The predicted molar refractivity (Wildman–Crippen MR) is 122 cm³/mol. The largest absolute Gasteiger partial charge is 0.494 e. The SMILES string of the molecule is CCCCC=C(C(=O)c1ccc(OCCCN)cc1)c1cccc(NI)c1. The molecule has 0 spiro atoms. The Bertz CT molecular complexity index is 757. The van der Waals surface area contributed by atoms with Crippen LogP contribution in [0.2, 0.25) is 0 Å². The van der Waals surface area contributed by atoms with Gasteiger partial charge < -0.3 is 14.0 Å². The molecule has 0 heterocycles. The highest BCUT2D eigenvalue weighted by molar-refractivity contribution is 14.1. The first kappa shape index (κ1) is 21.4. The number of nitrogens with two attached hydrogens (primary N) is 1. The summed E-state index contributed by atoms with van der Waals surface area (Å²) in [6.07, 6.45) is 5.92. The van der Waals surface area contributed by atoms with Crippen LogP contribution in [0.25, 0.3) is 5.57 Å². The Morgan fingerprint density at radius 3 is 2.59 bits per heavy atom. The first-order chi connectivity index (χ1) is 13.2. The van der Waals surface area contributed by atoms with Crippen LogP contribution in [0.3, 0.4) is 0 Å². The summed E-state index contributed by atoms with van der Waals surface area (Å²) in [4.78, 5) is 13.2. The van der Waals surface area contributed by atoms with Crippen molar-refractivity contribution in [1.82, 2.24) is 0 Å². The van der Waals surface area contributed by atoms with Crippen molar-refractivity contribution in [3.8, 4) is 5.75 Å². The van der Waals surface area contributed by atoms with Crippen LogP contribution in [0.1, 0.15) is 48.5 Å². The molecule has 0 saturated carbocycles. The number of hydrogen-bond donors (Lipinski definition) is 2. The number of ketones is 1. The molecule has 0 bridgehead atoms. The van der Waals surface area contributed by atoms with E-state index in [0.29, 0.717) is 18.7 Å². The number of halogens is 1. The summed E-state index contributed by atoms with van der Waals surface area (Å²) in [6.45, 7) is 3.34. The minimum Gasteiger partial charge on any atom is -0.494 e. The monoisotopic (exact) mass is 478 g/mol. The van der Waals surface area contributed by atoms with Crippen molar-refractivity contribution in [2.45, 2.75) is 32.6 Å². The Balaban J connectivity index is 2.23. The zero-order valence-corrected chi connectivity index (χ0v) is 17.9. The van der Waals surface area contributed by atoms with Gasteiger partial charge in [-0.05, 0) is 61.3 Å². The third-order valence-electron chi connectivity index (χ3n) is 4.17. The molecule has 2 aromatic rings. The van der Waals surface area contributed by atoms with Crippen LogP contribution in [0, 0.1) is 0 Å². The molecule has 144 valence electrons. The minimum absolute atomic E-state index is 0.0326. The number of unbranched alkanes of at least 4 members (excludes halogenated alkanes) is 2. The summed E-state index contributed by atoms with van der Waals surface area (Å²) >= 11 is 2.10. The molecule has 0 saturated heterocycles. The molecule has 2 rings (SSSR count). The molecule has 27 heavy (non-hydrogen) atoms. The van der Waals surface area contributed by atoms with E-state index in [4.69, 9.17) is 10.5 Å². The van der Waals surface area contributed by atoms with E-state index in [-0.39, 0.29) is 5.78 Å². The first-order valence-corrected chi connectivity index (χ1v) is 10.4. The maximum Gasteiger partial charge on any atom is 0.193 e. The molecule has 0 aliphatic rings. The number of anilines is 1. The lowest BCUT2D eigenvalue weighted by Crippen LogP contribution is -2.06. The minimum atomic E-state index is 0.0326. The molecule has 0 aliphatic heterocycles. The summed E-state index contributed by atoms with van der Waals surface area (Å²) in [7, 11) is 0. The number of nitrogens with one attached hydrogen (secondary N) is 1. The highest BCUT2D eigenvalue weighted by Crippen LogP contribution is 2.25. The molecule has 3 N–H and O–H groups in total. The number of allylic oxidation sites excluding steroid dienone is 2. The van der Waals surface area contributed by atoms with Crippen molar-refractivity contribution in [3.05, 3.63) is 65.7 Å². The summed E-state index contributed by atoms with van der Waals surface area (Å²) in [5.74, 6) is 0.790. The molecule has 0 aliphatic carbocycles. The Morgan fingerprint density at radius 1 is 1.15 bits per heavy atom. The zero-order valence-electron chi connectivity index (χ0n) is 15.7. The van der Waals surface area contributed by atoms with Gasteiger partial charge in [0.15, 0.2) is 5.78 Å². The van der Waals surface area contributed by atoms with Crippen LogP contribution in [0.4, 0.5) is 5.69 Å². The van der Waals surface area contributed by atoms with Gasteiger partial charge in [0.1, 0.15) is 5.75 Å². The lowest BCUT2D eigenvalue weighted by molar-refractivity contribution is 0.105. The van der Waals surface area contributed by atoms with Gasteiger partial charge in [-0.25, -0.2) is 0 Å². The summed E-state index contributed by atoms with van der Waals surface area (Å²) in [5.41, 5.74) is 8.80. The molecule has 0 aromatic heterocycles. The third-order valence-corrected chi connectivity index (χ3v) is 4.79. The molecule has 5 heteroatoms. The molecular weight excluding hydrogens is 451 g/mol. The van der Waals surface area contributed by atoms with E-state index in [1.165, 1.54) is 0 Å². The smallest absolute Gasteiger partial charge is 0.193 e. The molecule has 0 atom stereocenters. The van der Waals surface area contributed by atoms with Crippen molar-refractivity contribution in [3.63, 3.8) is 0 Å². The number of hydrogen-bond acceptors (Lipinski definition) is 4. The third kappa shape index (κ3) is 6.66. The highest BCUT2D eigenvalue weighted by atomic mass is 127. The average molecular weight is 478 g/mol. The standard InChI is InChI=1S/C22H27IN2O2/c1-2-3-4-9-21(18-7-5-8-19(16-18)25-23)22(26)17-10-12-20(13-11-17)27-15-6-14-24/h5,7-13,16,25H,2-4,6,14-15,24H2,1H3. The van der Waals surface area contributed by atoms with Crippen molar-refractivity contribution in [1.29, 1.82) is 0 Å². The number of carbonyl (C=O) groups excluding carboxylic acids is 1. The Morgan fingerprint density at radius 2 is 1.93 bits per heavy atom. The van der Waals surface area contributed by atoms with E-state index < -0.39 is 0 Å². The van der Waals surface area contributed by atoms with E-state index >= 15 is 0 Å². The second-order valence-electron chi connectivity index (χ2n) is 6.28. The Hall–Kier alpha value is -1.86. The predicted octanol–water partition coefficient (Wildman–Crippen LogP) is 5.63. The number of carbonyl (C=O) groups is 1. The second-order valence-corrected chi connectivity index (χ2v) is 6.82. The Kier molecular flexibility index (Phi) is 9.35. The van der Waals surface area contributed by atoms with Crippen LogP contribution in [0.15, 0.2) is 54.6 Å². The van der Waals surface area contributed by atoms with E-state index in [9.17, 15) is 4.79 Å². The van der Waals surface area contributed by atoms with Gasteiger partial charge in [-0.1, -0.05) is 38.0 Å². The van der Waals surface area contributed by atoms with Gasteiger partial charge in [-0.2, -0.15) is 0 Å². The lowest BCUT2D eigenvalue weighted by Gasteiger charge is -2.10. The van der Waals surface area contributed by atoms with Gasteiger partial charge >= 0.3 is 0 Å². The highest BCUT2D eigenvalue weighted by Gasteiger charge is 2.15. The van der Waals surface area contributed by atoms with Crippen LogP contribution in [-0.4, -0.2) is 18.9 Å². The van der Waals surface area contributed by atoms with Crippen molar-refractivity contribution in [2.24, 2.45) is 5.73 Å². The fraction of sp³-hybridized carbons (Fsp3) is 0.318. The van der Waals surface area contributed by atoms with Gasteiger partial charge in [-0.15, -0.1) is 0 Å². The van der Waals surface area contributed by atoms with Crippen LogP contribution >= 0.6 is 22.9 Å². The molecular formula is C22H27IN2O2. The summed E-state index contributed by atoms with van der Waals surface area (Å²) < 4.78 is 8.73. The van der Waals surface area contributed by atoms with Crippen LogP contribution < -0.4 is 14.0 Å². The molecule has 0 fully saturated rings. The average Bonchev–Trinajstić information content (AvgIpc) is 2.71. The first-order valence-electron chi connectivity index (χ1n) is 9.34. The number of benzene rings is 2. The molecule has 0 amide bonds. The fourth-order valence-electron chi connectivity index (χ4n) is 2.67. The quantitative estimate of drug-likeness (QED) is 0.144. The zero-order chi connectivity index (χ0) is 19.5. The van der Waals surface area contributed by atoms with Crippen LogP contribution in [-0.2, 0) is 0 Å². The summed E-state index contributed by atoms with van der Waals surface area (Å²) in [6, 6.07) is 15.3. The van der Waals surface area contributed by atoms with Gasteiger partial charge in [0.25, 0.3) is 0 Å². The van der Waals surface area contributed by atoms with E-state index in [2.05, 4.69) is 39.4 Å². The Labute approximate surface area is 175 Å². The van der Waals surface area contributed by atoms with Crippen LogP contribution in [0.5, 0.6) is 5.75 Å². The molecule has 0 unspecified atom stereocenters.